The van der Waals surface area contributed by atoms with Crippen LogP contribution >= 0.6 is 0 Å². The predicted octanol–water partition coefficient (Wildman–Crippen LogP) is 1.90. The van der Waals surface area contributed by atoms with Crippen LogP contribution in [0.15, 0.2) is 24.3 Å². The zero-order valence-electron chi connectivity index (χ0n) is 15.8. The molecule has 1 aromatic rings. The SMILES string of the molecule is COCCOCCOCCOCCOCCNc1ccccc1NC(=O)O. The van der Waals surface area contributed by atoms with Gasteiger partial charge in [-0.3, -0.25) is 5.32 Å². The Morgan fingerprint density at radius 3 is 1.81 bits per heavy atom. The number of carbonyl (C=O) groups is 1. The molecule has 0 unspecified atom stereocenters. The number of anilines is 2. The number of benzene rings is 1. The maximum absolute atomic E-state index is 10.7. The smallest absolute Gasteiger partial charge is 0.409 e. The van der Waals surface area contributed by atoms with Gasteiger partial charge in [-0.05, 0) is 12.1 Å². The van der Waals surface area contributed by atoms with Crippen LogP contribution in [0.1, 0.15) is 0 Å². The van der Waals surface area contributed by atoms with Gasteiger partial charge in [0.2, 0.25) is 0 Å². The lowest BCUT2D eigenvalue weighted by Gasteiger charge is -2.12. The molecule has 0 aliphatic heterocycles. The first kappa shape index (κ1) is 23.1. The van der Waals surface area contributed by atoms with E-state index in [2.05, 4.69) is 10.6 Å². The van der Waals surface area contributed by atoms with Crippen molar-refractivity contribution in [2.75, 3.05) is 83.8 Å². The monoisotopic (exact) mass is 386 g/mol. The number of hydrogen-bond acceptors (Lipinski definition) is 7. The van der Waals surface area contributed by atoms with Gasteiger partial charge < -0.3 is 34.1 Å². The summed E-state index contributed by atoms with van der Waals surface area (Å²) in [5.41, 5.74) is 1.22. The quantitative estimate of drug-likeness (QED) is 0.349. The topological polar surface area (TPSA) is 108 Å². The van der Waals surface area contributed by atoms with Gasteiger partial charge in [0.1, 0.15) is 0 Å². The van der Waals surface area contributed by atoms with Crippen LogP contribution in [-0.4, -0.2) is 84.3 Å². The van der Waals surface area contributed by atoms with Crippen molar-refractivity contribution in [1.82, 2.24) is 0 Å². The minimum Gasteiger partial charge on any atom is -0.465 e. The highest BCUT2D eigenvalue weighted by atomic mass is 16.6. The van der Waals surface area contributed by atoms with E-state index in [0.717, 1.165) is 0 Å². The summed E-state index contributed by atoms with van der Waals surface area (Å²) in [7, 11) is 1.64. The van der Waals surface area contributed by atoms with Crippen molar-refractivity contribution < 1.29 is 33.6 Å². The Labute approximate surface area is 159 Å². The molecule has 27 heavy (non-hydrogen) atoms. The van der Waals surface area contributed by atoms with Gasteiger partial charge in [-0.2, -0.15) is 0 Å². The van der Waals surface area contributed by atoms with E-state index >= 15 is 0 Å². The van der Waals surface area contributed by atoms with Gasteiger partial charge in [0, 0.05) is 13.7 Å². The molecule has 0 bridgehead atoms. The average Bonchev–Trinajstić information content (AvgIpc) is 2.65. The van der Waals surface area contributed by atoms with Crippen LogP contribution < -0.4 is 10.6 Å². The Hall–Kier alpha value is -1.91. The van der Waals surface area contributed by atoms with Gasteiger partial charge in [-0.1, -0.05) is 12.1 Å². The lowest BCUT2D eigenvalue weighted by Crippen LogP contribution is -2.16. The van der Waals surface area contributed by atoms with Crippen molar-refractivity contribution >= 4 is 17.5 Å². The van der Waals surface area contributed by atoms with Crippen LogP contribution in [-0.2, 0) is 23.7 Å². The summed E-state index contributed by atoms with van der Waals surface area (Å²) in [6.07, 6.45) is -1.10. The second-order valence-electron chi connectivity index (χ2n) is 5.34. The second-order valence-corrected chi connectivity index (χ2v) is 5.34. The Balaban J connectivity index is 1.90. The summed E-state index contributed by atoms with van der Waals surface area (Å²) in [5, 5.41) is 14.3. The van der Waals surface area contributed by atoms with Crippen molar-refractivity contribution in [3.8, 4) is 0 Å². The minimum atomic E-state index is -1.10. The number of methoxy groups -OCH3 is 1. The van der Waals surface area contributed by atoms with E-state index in [1.807, 2.05) is 6.07 Å². The molecule has 0 aliphatic rings. The van der Waals surface area contributed by atoms with Crippen molar-refractivity contribution in [3.05, 3.63) is 24.3 Å². The number of nitrogens with one attached hydrogen (secondary N) is 2. The van der Waals surface area contributed by atoms with E-state index in [9.17, 15) is 4.79 Å². The van der Waals surface area contributed by atoms with Gasteiger partial charge in [0.25, 0.3) is 0 Å². The van der Waals surface area contributed by atoms with Gasteiger partial charge in [-0.25, -0.2) is 4.79 Å². The third kappa shape index (κ3) is 13.0. The Morgan fingerprint density at radius 2 is 1.30 bits per heavy atom. The summed E-state index contributed by atoms with van der Waals surface area (Å²) in [5.74, 6) is 0. The number of ether oxygens (including phenoxy) is 5. The highest BCUT2D eigenvalue weighted by Crippen LogP contribution is 2.20. The standard InChI is InChI=1S/C18H30N2O7/c1-23-8-9-25-12-13-27-15-14-26-11-10-24-7-6-19-16-4-2-3-5-17(16)20-18(21)22/h2-5,19-20H,6-15H2,1H3,(H,21,22). The molecular formula is C18H30N2O7. The van der Waals surface area contributed by atoms with E-state index in [1.54, 1.807) is 25.3 Å². The fraction of sp³-hybridized carbons (Fsp3) is 0.611. The zero-order chi connectivity index (χ0) is 19.6. The molecule has 0 aliphatic carbocycles. The molecular weight excluding hydrogens is 356 g/mol. The summed E-state index contributed by atoms with van der Waals surface area (Å²) in [4.78, 5) is 10.7. The summed E-state index contributed by atoms with van der Waals surface area (Å²) in [6, 6.07) is 7.09. The molecule has 0 aromatic heterocycles. The van der Waals surface area contributed by atoms with Crippen LogP contribution in [0.4, 0.5) is 16.2 Å². The van der Waals surface area contributed by atoms with Gasteiger partial charge in [-0.15, -0.1) is 0 Å². The lowest BCUT2D eigenvalue weighted by atomic mass is 10.2. The van der Waals surface area contributed by atoms with Gasteiger partial charge >= 0.3 is 6.09 Å². The molecule has 0 spiro atoms. The van der Waals surface area contributed by atoms with Crippen molar-refractivity contribution in [2.24, 2.45) is 0 Å². The van der Waals surface area contributed by atoms with Crippen LogP contribution in [0.25, 0.3) is 0 Å². The molecule has 3 N–H and O–H groups in total. The summed E-state index contributed by atoms with van der Waals surface area (Å²) in [6.45, 7) is 5.29. The fourth-order valence-corrected chi connectivity index (χ4v) is 2.02. The van der Waals surface area contributed by atoms with Crippen LogP contribution in [0, 0.1) is 0 Å². The molecule has 0 radical (unpaired) electrons. The molecule has 9 nitrogen and oxygen atoms in total. The zero-order valence-corrected chi connectivity index (χ0v) is 15.8. The van der Waals surface area contributed by atoms with E-state index < -0.39 is 6.09 Å². The van der Waals surface area contributed by atoms with Crippen LogP contribution in [0.3, 0.4) is 0 Å². The molecule has 1 amide bonds. The van der Waals surface area contributed by atoms with E-state index in [4.69, 9.17) is 28.8 Å². The van der Waals surface area contributed by atoms with Crippen molar-refractivity contribution in [3.63, 3.8) is 0 Å². The second kappa shape index (κ2) is 16.3. The molecule has 1 rings (SSSR count). The molecule has 0 fully saturated rings. The minimum absolute atomic E-state index is 0.483. The van der Waals surface area contributed by atoms with Crippen LogP contribution in [0.2, 0.25) is 0 Å². The molecule has 154 valence electrons. The molecule has 0 atom stereocenters. The third-order valence-electron chi connectivity index (χ3n) is 3.28. The molecule has 0 saturated carbocycles. The fourth-order valence-electron chi connectivity index (χ4n) is 2.02. The Morgan fingerprint density at radius 1 is 0.815 bits per heavy atom. The Bertz CT molecular complexity index is 502. The molecule has 0 heterocycles. The number of para-hydroxylation sites is 2. The predicted molar refractivity (Wildman–Crippen MR) is 102 cm³/mol. The lowest BCUT2D eigenvalue weighted by molar-refractivity contribution is -0.00700. The first-order valence-corrected chi connectivity index (χ1v) is 8.86. The first-order chi connectivity index (χ1) is 13.2. The van der Waals surface area contributed by atoms with Gasteiger partial charge in [0.05, 0.1) is 70.8 Å². The van der Waals surface area contributed by atoms with E-state index in [1.165, 1.54) is 0 Å². The van der Waals surface area contributed by atoms with Crippen molar-refractivity contribution in [1.29, 1.82) is 0 Å². The first-order valence-electron chi connectivity index (χ1n) is 8.86. The normalized spacial score (nSPS) is 10.7. The molecule has 0 saturated heterocycles. The van der Waals surface area contributed by atoms with Gasteiger partial charge in [0.15, 0.2) is 0 Å². The third-order valence-corrected chi connectivity index (χ3v) is 3.28. The largest absolute Gasteiger partial charge is 0.465 e. The average molecular weight is 386 g/mol. The van der Waals surface area contributed by atoms with E-state index in [-0.39, 0.29) is 0 Å². The van der Waals surface area contributed by atoms with E-state index in [0.29, 0.717) is 77.4 Å². The summed E-state index contributed by atoms with van der Waals surface area (Å²) >= 11 is 0. The number of hydrogen-bond donors (Lipinski definition) is 3. The summed E-state index contributed by atoms with van der Waals surface area (Å²) < 4.78 is 26.3. The maximum atomic E-state index is 10.7. The highest BCUT2D eigenvalue weighted by Gasteiger charge is 2.03. The maximum Gasteiger partial charge on any atom is 0.409 e. The number of amides is 1. The Kier molecular flexibility index (Phi) is 13.9. The van der Waals surface area contributed by atoms with Crippen molar-refractivity contribution in [2.45, 2.75) is 0 Å². The van der Waals surface area contributed by atoms with Crippen LogP contribution in [0.5, 0.6) is 0 Å². The number of carboxylic acid groups (broad SMARTS) is 1. The number of rotatable bonds is 17. The molecule has 9 heteroatoms. The molecule has 1 aromatic carbocycles. The highest BCUT2D eigenvalue weighted by molar-refractivity contribution is 5.88.